The summed E-state index contributed by atoms with van der Waals surface area (Å²) < 4.78 is 2.31. The van der Waals surface area contributed by atoms with Gasteiger partial charge in [-0.05, 0) is 60.7 Å². The zero-order valence-corrected chi connectivity index (χ0v) is 15.7. The standard InChI is InChI=1S/C25H22N/c1-15-12-16(2)17(3)22(13-15)25-24-21-10-6-5-9-19(21)20-11-7-8-18(23(20)24)14-26(25)4/h5-14H,1-4H3/q+1. The van der Waals surface area contributed by atoms with Gasteiger partial charge in [-0.2, -0.15) is 4.57 Å². The second kappa shape index (κ2) is 5.28. The molecule has 126 valence electrons. The van der Waals surface area contributed by atoms with Crippen LogP contribution >= 0.6 is 0 Å². The van der Waals surface area contributed by atoms with Gasteiger partial charge in [-0.3, -0.25) is 0 Å². The molecule has 0 unspecified atom stereocenters. The van der Waals surface area contributed by atoms with Gasteiger partial charge in [0.25, 0.3) is 0 Å². The lowest BCUT2D eigenvalue weighted by Crippen LogP contribution is -2.31. The van der Waals surface area contributed by atoms with Crippen LogP contribution in [0.3, 0.4) is 0 Å². The van der Waals surface area contributed by atoms with Crippen LogP contribution in [0.2, 0.25) is 0 Å². The van der Waals surface area contributed by atoms with Crippen molar-refractivity contribution in [3.05, 3.63) is 77.5 Å². The fourth-order valence-corrected chi connectivity index (χ4v) is 4.56. The maximum Gasteiger partial charge on any atom is 0.221 e. The van der Waals surface area contributed by atoms with E-state index in [1.54, 1.807) is 0 Å². The summed E-state index contributed by atoms with van der Waals surface area (Å²) in [6, 6.07) is 20.1. The first kappa shape index (κ1) is 15.3. The largest absolute Gasteiger partial charge is 0.221 e. The lowest BCUT2D eigenvalue weighted by molar-refractivity contribution is -0.658. The fraction of sp³-hybridized carbons (Fsp3) is 0.160. The van der Waals surface area contributed by atoms with Gasteiger partial charge in [0.15, 0.2) is 6.20 Å². The van der Waals surface area contributed by atoms with Gasteiger partial charge in [0.2, 0.25) is 5.69 Å². The summed E-state index contributed by atoms with van der Waals surface area (Å²) in [7, 11) is 2.18. The highest BCUT2D eigenvalue weighted by Gasteiger charge is 2.30. The lowest BCUT2D eigenvalue weighted by Gasteiger charge is -2.13. The van der Waals surface area contributed by atoms with E-state index < -0.39 is 0 Å². The first-order valence-corrected chi connectivity index (χ1v) is 9.19. The predicted octanol–water partition coefficient (Wildman–Crippen LogP) is 5.90. The van der Waals surface area contributed by atoms with Crippen molar-refractivity contribution in [3.63, 3.8) is 0 Å². The summed E-state index contributed by atoms with van der Waals surface area (Å²) in [6.07, 6.45) is 2.28. The number of aromatic nitrogens is 1. The van der Waals surface area contributed by atoms with E-state index in [0.717, 1.165) is 0 Å². The number of rotatable bonds is 1. The minimum Gasteiger partial charge on any atom is -0.200 e. The number of nitrogens with zero attached hydrogens (tertiary/aromatic N) is 1. The Balaban J connectivity index is 2.00. The van der Waals surface area contributed by atoms with E-state index in [2.05, 4.69) is 93.2 Å². The quantitative estimate of drug-likeness (QED) is 0.335. The average molecular weight is 336 g/mol. The number of benzene rings is 3. The van der Waals surface area contributed by atoms with Crippen LogP contribution in [-0.4, -0.2) is 0 Å². The van der Waals surface area contributed by atoms with Crippen LogP contribution in [-0.2, 0) is 7.05 Å². The zero-order valence-electron chi connectivity index (χ0n) is 15.7. The predicted molar refractivity (Wildman–Crippen MR) is 109 cm³/mol. The number of fused-ring (bicyclic) bond motifs is 3. The summed E-state index contributed by atoms with van der Waals surface area (Å²) in [5.74, 6) is 0. The molecular formula is C25H22N+. The van der Waals surface area contributed by atoms with E-state index in [4.69, 9.17) is 0 Å². The molecule has 0 saturated heterocycles. The Morgan fingerprint density at radius 2 is 1.46 bits per heavy atom. The van der Waals surface area contributed by atoms with Crippen molar-refractivity contribution < 1.29 is 4.57 Å². The first-order valence-electron chi connectivity index (χ1n) is 9.19. The molecule has 1 aliphatic rings. The molecule has 0 aliphatic heterocycles. The summed E-state index contributed by atoms with van der Waals surface area (Å²) in [4.78, 5) is 0. The average Bonchev–Trinajstić information content (AvgIpc) is 2.95. The van der Waals surface area contributed by atoms with Crippen LogP contribution in [0.5, 0.6) is 0 Å². The molecule has 1 aliphatic carbocycles. The molecule has 1 heterocycles. The molecule has 1 heteroatoms. The van der Waals surface area contributed by atoms with Crippen LogP contribution in [0, 0.1) is 20.8 Å². The van der Waals surface area contributed by atoms with Crippen molar-refractivity contribution in [2.24, 2.45) is 7.05 Å². The zero-order chi connectivity index (χ0) is 18.0. The van der Waals surface area contributed by atoms with Crippen molar-refractivity contribution in [1.82, 2.24) is 0 Å². The molecule has 0 fully saturated rings. The van der Waals surface area contributed by atoms with E-state index >= 15 is 0 Å². The topological polar surface area (TPSA) is 3.88 Å². The Morgan fingerprint density at radius 3 is 2.27 bits per heavy atom. The molecule has 0 bridgehead atoms. The Morgan fingerprint density at radius 1 is 0.731 bits per heavy atom. The van der Waals surface area contributed by atoms with Gasteiger partial charge in [-0.1, -0.05) is 48.0 Å². The Kier molecular flexibility index (Phi) is 3.12. The first-order chi connectivity index (χ1) is 12.6. The lowest BCUT2D eigenvalue weighted by atomic mass is 9.92. The van der Waals surface area contributed by atoms with Crippen LogP contribution in [0.15, 0.2) is 60.8 Å². The monoisotopic (exact) mass is 336 g/mol. The molecular weight excluding hydrogens is 314 g/mol. The van der Waals surface area contributed by atoms with Crippen LogP contribution < -0.4 is 4.57 Å². The number of pyridine rings is 1. The molecule has 1 aromatic heterocycles. The highest BCUT2D eigenvalue weighted by molar-refractivity contribution is 6.17. The van der Waals surface area contributed by atoms with Gasteiger partial charge in [0, 0.05) is 10.8 Å². The van der Waals surface area contributed by atoms with Crippen molar-refractivity contribution in [1.29, 1.82) is 0 Å². The summed E-state index contributed by atoms with van der Waals surface area (Å²) in [5, 5.41) is 2.70. The Bertz CT molecular complexity index is 1210. The summed E-state index contributed by atoms with van der Waals surface area (Å²) in [5.41, 5.74) is 12.1. The van der Waals surface area contributed by atoms with E-state index in [1.165, 1.54) is 61.0 Å². The van der Waals surface area contributed by atoms with Crippen molar-refractivity contribution in [2.75, 3.05) is 0 Å². The van der Waals surface area contributed by atoms with Gasteiger partial charge in [-0.25, -0.2) is 0 Å². The second-order valence-electron chi connectivity index (χ2n) is 7.53. The van der Waals surface area contributed by atoms with Gasteiger partial charge in [0.1, 0.15) is 7.05 Å². The minimum absolute atomic E-state index is 1.31. The van der Waals surface area contributed by atoms with E-state index in [9.17, 15) is 0 Å². The van der Waals surface area contributed by atoms with E-state index in [1.807, 2.05) is 0 Å². The van der Waals surface area contributed by atoms with Crippen LogP contribution in [0.25, 0.3) is 44.3 Å². The third kappa shape index (κ3) is 1.94. The number of aryl methyl sites for hydroxylation is 3. The molecule has 3 aromatic carbocycles. The molecule has 0 amide bonds. The van der Waals surface area contributed by atoms with Crippen molar-refractivity contribution in [2.45, 2.75) is 20.8 Å². The minimum atomic E-state index is 1.31. The maximum atomic E-state index is 2.34. The maximum absolute atomic E-state index is 2.34. The molecule has 0 N–H and O–H groups in total. The second-order valence-corrected chi connectivity index (χ2v) is 7.53. The van der Waals surface area contributed by atoms with Crippen LogP contribution in [0.1, 0.15) is 16.7 Å². The molecule has 0 saturated carbocycles. The molecule has 0 atom stereocenters. The molecule has 5 rings (SSSR count). The molecule has 1 nitrogen and oxygen atoms in total. The van der Waals surface area contributed by atoms with Gasteiger partial charge >= 0.3 is 0 Å². The smallest absolute Gasteiger partial charge is 0.200 e. The molecule has 4 aromatic rings. The number of hydrogen-bond acceptors (Lipinski definition) is 0. The van der Waals surface area contributed by atoms with E-state index in [0.29, 0.717) is 0 Å². The molecule has 0 radical (unpaired) electrons. The fourth-order valence-electron chi connectivity index (χ4n) is 4.56. The molecule has 26 heavy (non-hydrogen) atoms. The SMILES string of the molecule is Cc1cc(C)c(C)c(-c2c3c4c(cccc4c[n+]2C)-c2ccccc2-3)c1. The van der Waals surface area contributed by atoms with Crippen LogP contribution in [0.4, 0.5) is 0 Å². The van der Waals surface area contributed by atoms with Crippen molar-refractivity contribution in [3.8, 4) is 33.5 Å². The summed E-state index contributed by atoms with van der Waals surface area (Å²) >= 11 is 0. The Labute approximate surface area is 154 Å². The van der Waals surface area contributed by atoms with Gasteiger partial charge in [0.05, 0.1) is 11.1 Å². The third-order valence-corrected chi connectivity index (χ3v) is 5.82. The van der Waals surface area contributed by atoms with Gasteiger partial charge in [-0.15, -0.1) is 0 Å². The normalized spacial score (nSPS) is 11.8. The third-order valence-electron chi connectivity index (χ3n) is 5.82. The number of hydrogen-bond donors (Lipinski definition) is 0. The summed E-state index contributed by atoms with van der Waals surface area (Å²) in [6.45, 7) is 6.65. The molecule has 0 spiro atoms. The van der Waals surface area contributed by atoms with Gasteiger partial charge < -0.3 is 0 Å². The highest BCUT2D eigenvalue weighted by Crippen LogP contribution is 2.50. The van der Waals surface area contributed by atoms with Crippen molar-refractivity contribution >= 4 is 10.8 Å². The Hall–Kier alpha value is -2.93. The van der Waals surface area contributed by atoms with E-state index in [-0.39, 0.29) is 0 Å². The highest BCUT2D eigenvalue weighted by atomic mass is 14.9.